The molecule has 1 aliphatic rings. The Bertz CT molecular complexity index is 7380. The van der Waals surface area contributed by atoms with Crippen molar-refractivity contribution in [3.05, 3.63) is 363 Å². The van der Waals surface area contributed by atoms with Crippen molar-refractivity contribution in [3.8, 4) is 102 Å². The van der Waals surface area contributed by atoms with Gasteiger partial charge in [-0.05, 0) is 134 Å². The summed E-state index contributed by atoms with van der Waals surface area (Å²) in [5, 5.41) is 13.8. The highest BCUT2D eigenvalue weighted by Crippen LogP contribution is 2.51. The van der Waals surface area contributed by atoms with Crippen molar-refractivity contribution in [3.63, 3.8) is 0 Å². The SMILES string of the molecule is CC1(C)c2ccccc2-c2ccc(-c3nc(-c4ccccc4)nc(-c4cc5oc6ccc(-n7c8ccccc8c8ccccc87)cc6c5c5ccccc45)n3)cc21.c1ccc(-c2nc(-c3ccccc3)nc(-c3ccc(-c4cc5oc6ccc(-n7c8ccccc8c8ccccc87)cc6c5c5ccccc45)cc3)n2)cc1. The number of furan rings is 2. The monoisotopic (exact) mass is 1420 g/mol. The van der Waals surface area contributed by atoms with Crippen LogP contribution in [0.25, 0.3) is 211 Å². The molecular formula is C101H64N8O2. The highest BCUT2D eigenvalue weighted by atomic mass is 16.3. The number of nitrogens with zero attached hydrogens (tertiary/aromatic N) is 8. The van der Waals surface area contributed by atoms with E-state index >= 15 is 0 Å². The van der Waals surface area contributed by atoms with E-state index in [4.69, 9.17) is 38.7 Å². The molecule has 520 valence electrons. The van der Waals surface area contributed by atoms with Gasteiger partial charge in [-0.15, -0.1) is 0 Å². The highest BCUT2D eigenvalue weighted by molar-refractivity contribution is 6.24. The quantitative estimate of drug-likeness (QED) is 0.140. The van der Waals surface area contributed by atoms with Crippen molar-refractivity contribution < 1.29 is 8.83 Å². The molecule has 6 heterocycles. The van der Waals surface area contributed by atoms with Gasteiger partial charge in [0.05, 0.1) is 22.1 Å². The van der Waals surface area contributed by atoms with Gasteiger partial charge < -0.3 is 18.0 Å². The predicted octanol–water partition coefficient (Wildman–Crippen LogP) is 26.0. The molecule has 0 amide bonds. The van der Waals surface area contributed by atoms with Crippen molar-refractivity contribution in [2.45, 2.75) is 19.3 Å². The lowest BCUT2D eigenvalue weighted by Gasteiger charge is -2.21. The first-order chi connectivity index (χ1) is 54.8. The average molecular weight is 1420 g/mol. The van der Waals surface area contributed by atoms with E-state index in [1.807, 2.05) is 78.9 Å². The van der Waals surface area contributed by atoms with Gasteiger partial charge in [0.1, 0.15) is 22.3 Å². The molecule has 10 heteroatoms. The van der Waals surface area contributed by atoms with E-state index in [0.29, 0.717) is 34.9 Å². The van der Waals surface area contributed by atoms with Crippen molar-refractivity contribution in [1.29, 1.82) is 0 Å². The van der Waals surface area contributed by atoms with Crippen LogP contribution in [0.5, 0.6) is 0 Å². The van der Waals surface area contributed by atoms with E-state index < -0.39 is 0 Å². The van der Waals surface area contributed by atoms with Gasteiger partial charge in [-0.3, -0.25) is 0 Å². The summed E-state index contributed by atoms with van der Waals surface area (Å²) < 4.78 is 18.1. The summed E-state index contributed by atoms with van der Waals surface area (Å²) in [5.74, 6) is 3.79. The number of hydrogen-bond acceptors (Lipinski definition) is 8. The van der Waals surface area contributed by atoms with Crippen LogP contribution in [0.3, 0.4) is 0 Å². The molecule has 0 atom stereocenters. The molecule has 0 N–H and O–H groups in total. The van der Waals surface area contributed by atoms with Crippen molar-refractivity contribution >= 4 is 109 Å². The van der Waals surface area contributed by atoms with E-state index in [0.717, 1.165) is 116 Å². The molecule has 16 aromatic carbocycles. The van der Waals surface area contributed by atoms with Crippen molar-refractivity contribution in [1.82, 2.24) is 39.0 Å². The van der Waals surface area contributed by atoms with Crippen molar-refractivity contribution in [2.24, 2.45) is 0 Å². The topological polar surface area (TPSA) is 113 Å². The summed E-state index contributed by atoms with van der Waals surface area (Å²) >= 11 is 0. The second kappa shape index (κ2) is 25.2. The molecule has 22 aromatic rings. The molecule has 0 bridgehead atoms. The number of para-hydroxylation sites is 4. The van der Waals surface area contributed by atoms with Crippen LogP contribution in [0, 0.1) is 0 Å². The maximum Gasteiger partial charge on any atom is 0.164 e. The average Bonchev–Trinajstić information content (AvgIpc) is 1.61. The Morgan fingerprint density at radius 1 is 0.216 bits per heavy atom. The molecule has 111 heavy (non-hydrogen) atoms. The zero-order valence-corrected chi connectivity index (χ0v) is 60.4. The molecular weight excluding hydrogens is 1360 g/mol. The Hall–Kier alpha value is -14.7. The fourth-order valence-electron chi connectivity index (χ4n) is 17.3. The lowest BCUT2D eigenvalue weighted by atomic mass is 9.82. The smallest absolute Gasteiger partial charge is 0.164 e. The normalized spacial score (nSPS) is 12.5. The second-order valence-corrected chi connectivity index (χ2v) is 29.2. The summed E-state index contributed by atoms with van der Waals surface area (Å²) in [6.45, 7) is 4.60. The Labute approximate surface area is 637 Å². The summed E-state index contributed by atoms with van der Waals surface area (Å²) in [6, 6.07) is 123. The number of fused-ring (bicyclic) bond motifs is 19. The van der Waals surface area contributed by atoms with Crippen LogP contribution in [-0.4, -0.2) is 39.0 Å². The van der Waals surface area contributed by atoms with Gasteiger partial charge >= 0.3 is 0 Å². The number of aromatic nitrogens is 8. The number of benzene rings is 16. The molecule has 0 saturated carbocycles. The molecule has 1 aliphatic carbocycles. The minimum Gasteiger partial charge on any atom is -0.456 e. The maximum atomic E-state index is 6.72. The molecule has 0 saturated heterocycles. The third kappa shape index (κ3) is 10.3. The maximum absolute atomic E-state index is 6.72. The van der Waals surface area contributed by atoms with Crippen LogP contribution < -0.4 is 0 Å². The molecule has 23 rings (SSSR count). The Kier molecular flexibility index (Phi) is 14.4. The van der Waals surface area contributed by atoms with Crippen LogP contribution in [0.15, 0.2) is 361 Å². The van der Waals surface area contributed by atoms with E-state index in [9.17, 15) is 0 Å². The molecule has 0 aliphatic heterocycles. The van der Waals surface area contributed by atoms with E-state index in [1.165, 1.54) is 71.3 Å². The van der Waals surface area contributed by atoms with Gasteiger partial charge in [-0.2, -0.15) is 0 Å². The fraction of sp³-hybridized carbons (Fsp3) is 0.0297. The van der Waals surface area contributed by atoms with Gasteiger partial charge in [0.25, 0.3) is 0 Å². The van der Waals surface area contributed by atoms with Crippen LogP contribution in [0.1, 0.15) is 25.0 Å². The van der Waals surface area contributed by atoms with Crippen LogP contribution in [0.2, 0.25) is 0 Å². The van der Waals surface area contributed by atoms with Gasteiger partial charge in [0.15, 0.2) is 34.9 Å². The lowest BCUT2D eigenvalue weighted by Crippen LogP contribution is -2.15. The van der Waals surface area contributed by atoms with Crippen LogP contribution in [0.4, 0.5) is 0 Å². The third-order valence-electron chi connectivity index (χ3n) is 22.5. The molecule has 0 fully saturated rings. The van der Waals surface area contributed by atoms with Gasteiger partial charge in [0.2, 0.25) is 0 Å². The zero-order chi connectivity index (χ0) is 73.4. The van der Waals surface area contributed by atoms with Crippen molar-refractivity contribution in [2.75, 3.05) is 0 Å². The van der Waals surface area contributed by atoms with E-state index in [-0.39, 0.29) is 5.41 Å². The minimum atomic E-state index is -0.149. The number of hydrogen-bond donors (Lipinski definition) is 0. The van der Waals surface area contributed by atoms with E-state index in [2.05, 4.69) is 296 Å². The second-order valence-electron chi connectivity index (χ2n) is 29.2. The van der Waals surface area contributed by atoms with E-state index in [1.54, 1.807) is 0 Å². The lowest BCUT2D eigenvalue weighted by molar-refractivity contribution is 0.660. The van der Waals surface area contributed by atoms with Gasteiger partial charge in [-0.1, -0.05) is 287 Å². The first-order valence-corrected chi connectivity index (χ1v) is 37.6. The molecule has 6 aromatic heterocycles. The Balaban J connectivity index is 0.000000137. The predicted molar refractivity (Wildman–Crippen MR) is 454 cm³/mol. The Morgan fingerprint density at radius 3 is 1.01 bits per heavy atom. The van der Waals surface area contributed by atoms with Gasteiger partial charge in [-0.25, -0.2) is 29.9 Å². The van der Waals surface area contributed by atoms with Crippen LogP contribution in [-0.2, 0) is 5.41 Å². The largest absolute Gasteiger partial charge is 0.456 e. The summed E-state index contributed by atoms with van der Waals surface area (Å²) in [4.78, 5) is 30.3. The number of rotatable bonds is 9. The summed E-state index contributed by atoms with van der Waals surface area (Å²) in [7, 11) is 0. The zero-order valence-electron chi connectivity index (χ0n) is 60.4. The molecule has 0 unspecified atom stereocenters. The molecule has 0 spiro atoms. The molecule has 0 radical (unpaired) electrons. The third-order valence-corrected chi connectivity index (χ3v) is 22.5. The standard InChI is InChI=1S/C52H34N4O.C49H30N4O/c1-52(2)42-21-11-8-17-35(42)36-26-24-32(28-43(36)52)50-53-49(31-14-4-3-5-15-31)54-51(55-50)40-30-47-48(39-20-7-6-16-34(39)40)41-29-33(25-27-46(41)57-47)56-44-22-12-9-18-37(44)38-19-10-13-23-45(38)56;1-3-13-32(14-4-1)47-50-48(33-15-5-2-6-16-33)52-49(51-47)34-25-23-31(24-26-34)40-30-45-46(39-20-8-7-17-36(39)40)41-29-35(27-28-44(41)54-45)53-42-21-11-9-18-37(42)38-19-10-12-22-43(38)53/h3-30H,1-2H3;1-30H. The summed E-state index contributed by atoms with van der Waals surface area (Å²) in [6.07, 6.45) is 0. The van der Waals surface area contributed by atoms with Crippen LogP contribution >= 0.6 is 0 Å². The summed E-state index contributed by atoms with van der Waals surface area (Å²) in [5.41, 5.74) is 23.1. The minimum absolute atomic E-state index is 0.149. The highest BCUT2D eigenvalue weighted by Gasteiger charge is 2.36. The van der Waals surface area contributed by atoms with Gasteiger partial charge in [0, 0.05) is 93.3 Å². The first-order valence-electron chi connectivity index (χ1n) is 37.6. The fourth-order valence-corrected chi connectivity index (χ4v) is 17.3. The molecule has 10 nitrogen and oxygen atoms in total. The Morgan fingerprint density at radius 2 is 0.550 bits per heavy atom. The first kappa shape index (κ1) is 63.5.